The number of Topliss-reactive ketones (excluding diaryl/α,β-unsaturated/α-hetero) is 1. The first kappa shape index (κ1) is 12.8. The lowest BCUT2D eigenvalue weighted by atomic mass is 9.87. The average Bonchev–Trinajstić information content (AvgIpc) is 2.74. The number of aliphatic hydroxyl groups is 1. The van der Waals surface area contributed by atoms with Gasteiger partial charge in [-0.2, -0.15) is 0 Å². The van der Waals surface area contributed by atoms with Crippen LogP contribution in [0.1, 0.15) is 49.8 Å². The van der Waals surface area contributed by atoms with Crippen LogP contribution in [0, 0.1) is 0 Å². The Hall–Kier alpha value is -0.670. The molecular weight excluding hydrogens is 232 g/mol. The summed E-state index contributed by atoms with van der Waals surface area (Å²) in [4.78, 5) is 13.4. The SMILES string of the molecule is O=C(CCc1cccs1)C1(O)CCCCCC1. The van der Waals surface area contributed by atoms with Crippen molar-refractivity contribution in [3.8, 4) is 0 Å². The van der Waals surface area contributed by atoms with Crippen molar-refractivity contribution in [3.05, 3.63) is 22.4 Å². The predicted octanol–water partition coefficient (Wildman–Crippen LogP) is 3.34. The van der Waals surface area contributed by atoms with Gasteiger partial charge in [-0.25, -0.2) is 0 Å². The zero-order valence-corrected chi connectivity index (χ0v) is 11.0. The Bertz CT molecular complexity index is 348. The smallest absolute Gasteiger partial charge is 0.164 e. The van der Waals surface area contributed by atoms with Crippen molar-refractivity contribution in [2.24, 2.45) is 0 Å². The molecule has 1 N–H and O–H groups in total. The van der Waals surface area contributed by atoms with E-state index >= 15 is 0 Å². The van der Waals surface area contributed by atoms with Crippen molar-refractivity contribution in [2.45, 2.75) is 57.0 Å². The molecule has 2 rings (SSSR count). The molecule has 0 saturated heterocycles. The molecule has 1 aromatic heterocycles. The average molecular weight is 252 g/mol. The minimum absolute atomic E-state index is 0.0489. The van der Waals surface area contributed by atoms with Crippen LogP contribution in [-0.4, -0.2) is 16.5 Å². The first-order chi connectivity index (χ1) is 8.21. The molecule has 94 valence electrons. The summed E-state index contributed by atoms with van der Waals surface area (Å²) >= 11 is 1.68. The van der Waals surface area contributed by atoms with Gasteiger partial charge >= 0.3 is 0 Å². The lowest BCUT2D eigenvalue weighted by molar-refractivity contribution is -0.138. The van der Waals surface area contributed by atoms with Crippen molar-refractivity contribution >= 4 is 17.1 Å². The molecule has 0 aromatic carbocycles. The van der Waals surface area contributed by atoms with E-state index in [1.54, 1.807) is 11.3 Å². The summed E-state index contributed by atoms with van der Waals surface area (Å²) in [6.45, 7) is 0. The van der Waals surface area contributed by atoms with Crippen LogP contribution in [0.3, 0.4) is 0 Å². The molecule has 1 fully saturated rings. The summed E-state index contributed by atoms with van der Waals surface area (Å²) in [5, 5.41) is 12.4. The van der Waals surface area contributed by atoms with Crippen LogP contribution in [0.2, 0.25) is 0 Å². The largest absolute Gasteiger partial charge is 0.382 e. The number of rotatable bonds is 4. The van der Waals surface area contributed by atoms with E-state index in [-0.39, 0.29) is 5.78 Å². The molecule has 0 aliphatic heterocycles. The van der Waals surface area contributed by atoms with Crippen LogP contribution in [0.5, 0.6) is 0 Å². The maximum Gasteiger partial charge on any atom is 0.164 e. The van der Waals surface area contributed by atoms with Gasteiger partial charge in [-0.15, -0.1) is 11.3 Å². The highest BCUT2D eigenvalue weighted by Crippen LogP contribution is 2.29. The Morgan fingerprint density at radius 3 is 2.59 bits per heavy atom. The zero-order chi connectivity index (χ0) is 12.1. The summed E-state index contributed by atoms with van der Waals surface area (Å²) in [6, 6.07) is 4.06. The fourth-order valence-electron chi connectivity index (χ4n) is 2.52. The fraction of sp³-hybridized carbons (Fsp3) is 0.643. The highest BCUT2D eigenvalue weighted by Gasteiger charge is 2.34. The van der Waals surface area contributed by atoms with Crippen LogP contribution in [0.4, 0.5) is 0 Å². The Labute approximate surface area is 107 Å². The quantitative estimate of drug-likeness (QED) is 0.835. The van der Waals surface area contributed by atoms with E-state index in [0.29, 0.717) is 19.3 Å². The zero-order valence-electron chi connectivity index (χ0n) is 10.2. The van der Waals surface area contributed by atoms with Gasteiger partial charge < -0.3 is 5.11 Å². The van der Waals surface area contributed by atoms with Gasteiger partial charge in [0.05, 0.1) is 0 Å². The van der Waals surface area contributed by atoms with Gasteiger partial charge in [-0.3, -0.25) is 4.79 Å². The summed E-state index contributed by atoms with van der Waals surface area (Å²) in [7, 11) is 0. The van der Waals surface area contributed by atoms with Gasteiger partial charge in [0.2, 0.25) is 0 Å². The monoisotopic (exact) mass is 252 g/mol. The molecule has 0 bridgehead atoms. The number of hydrogen-bond acceptors (Lipinski definition) is 3. The number of thiophene rings is 1. The Balaban J connectivity index is 1.89. The van der Waals surface area contributed by atoms with Gasteiger partial charge in [0.15, 0.2) is 5.78 Å². The predicted molar refractivity (Wildman–Crippen MR) is 70.3 cm³/mol. The van der Waals surface area contributed by atoms with E-state index in [1.165, 1.54) is 4.88 Å². The summed E-state index contributed by atoms with van der Waals surface area (Å²) in [5.74, 6) is 0.0489. The lowest BCUT2D eigenvalue weighted by Crippen LogP contribution is -2.38. The standard InChI is InChI=1S/C14H20O2S/c15-13(8-7-12-6-5-11-17-12)14(16)9-3-1-2-4-10-14/h5-6,11,16H,1-4,7-10H2. The number of aryl methyl sites for hydroxylation is 1. The van der Waals surface area contributed by atoms with E-state index < -0.39 is 5.60 Å². The maximum absolute atomic E-state index is 12.1. The third kappa shape index (κ3) is 3.39. The summed E-state index contributed by atoms with van der Waals surface area (Å²) < 4.78 is 0. The van der Waals surface area contributed by atoms with Crippen LogP contribution in [0.25, 0.3) is 0 Å². The highest BCUT2D eigenvalue weighted by atomic mass is 32.1. The normalized spacial score (nSPS) is 19.8. The van der Waals surface area contributed by atoms with Gasteiger partial charge in [0.1, 0.15) is 5.60 Å². The van der Waals surface area contributed by atoms with Crippen molar-refractivity contribution < 1.29 is 9.90 Å². The Kier molecular flexibility index (Phi) is 4.35. The van der Waals surface area contributed by atoms with Gasteiger partial charge in [-0.1, -0.05) is 31.7 Å². The van der Waals surface area contributed by atoms with Crippen LogP contribution in [0.15, 0.2) is 17.5 Å². The molecule has 17 heavy (non-hydrogen) atoms. The molecule has 1 aliphatic carbocycles. The van der Waals surface area contributed by atoms with Gasteiger partial charge in [0, 0.05) is 11.3 Å². The Morgan fingerprint density at radius 2 is 2.00 bits per heavy atom. The second kappa shape index (κ2) is 5.78. The third-order valence-electron chi connectivity index (χ3n) is 3.63. The molecule has 0 unspecified atom stereocenters. The molecule has 0 atom stereocenters. The third-order valence-corrected chi connectivity index (χ3v) is 4.56. The highest BCUT2D eigenvalue weighted by molar-refractivity contribution is 7.09. The van der Waals surface area contributed by atoms with Crippen molar-refractivity contribution in [2.75, 3.05) is 0 Å². The van der Waals surface area contributed by atoms with E-state index in [2.05, 4.69) is 6.07 Å². The van der Waals surface area contributed by atoms with Crippen molar-refractivity contribution in [1.29, 1.82) is 0 Å². The van der Waals surface area contributed by atoms with E-state index in [1.807, 2.05) is 11.4 Å². The van der Waals surface area contributed by atoms with Crippen LogP contribution < -0.4 is 0 Å². The second-order valence-corrected chi connectivity index (χ2v) is 5.98. The minimum atomic E-state index is -1.02. The van der Waals surface area contributed by atoms with Crippen LogP contribution in [-0.2, 0) is 11.2 Å². The van der Waals surface area contributed by atoms with E-state index in [9.17, 15) is 9.90 Å². The molecule has 1 aromatic rings. The molecule has 0 radical (unpaired) electrons. The second-order valence-electron chi connectivity index (χ2n) is 4.95. The molecule has 1 aliphatic rings. The Morgan fingerprint density at radius 1 is 1.29 bits per heavy atom. The van der Waals surface area contributed by atoms with Crippen molar-refractivity contribution in [3.63, 3.8) is 0 Å². The summed E-state index contributed by atoms with van der Waals surface area (Å²) in [6.07, 6.45) is 6.87. The molecular formula is C14H20O2S. The van der Waals surface area contributed by atoms with Gasteiger partial charge in [0.25, 0.3) is 0 Å². The molecule has 2 nitrogen and oxygen atoms in total. The number of ketones is 1. The van der Waals surface area contributed by atoms with Crippen LogP contribution >= 0.6 is 11.3 Å². The minimum Gasteiger partial charge on any atom is -0.382 e. The summed E-state index contributed by atoms with van der Waals surface area (Å²) in [5.41, 5.74) is -1.02. The lowest BCUT2D eigenvalue weighted by Gasteiger charge is -2.24. The maximum atomic E-state index is 12.1. The first-order valence-electron chi connectivity index (χ1n) is 6.49. The molecule has 1 saturated carbocycles. The number of carbonyl (C=O) groups excluding carboxylic acids is 1. The fourth-order valence-corrected chi connectivity index (χ4v) is 3.23. The molecule has 0 spiro atoms. The van der Waals surface area contributed by atoms with E-state index in [0.717, 1.165) is 32.1 Å². The molecule has 3 heteroatoms. The topological polar surface area (TPSA) is 37.3 Å². The first-order valence-corrected chi connectivity index (χ1v) is 7.37. The van der Waals surface area contributed by atoms with Crippen molar-refractivity contribution in [1.82, 2.24) is 0 Å². The number of hydrogen-bond donors (Lipinski definition) is 1. The van der Waals surface area contributed by atoms with E-state index in [4.69, 9.17) is 0 Å². The molecule has 0 amide bonds. The molecule has 1 heterocycles. The van der Waals surface area contributed by atoms with Gasteiger partial charge in [-0.05, 0) is 30.7 Å². The number of carbonyl (C=O) groups is 1.